The molecule has 4 aromatic rings. The van der Waals surface area contributed by atoms with Crippen LogP contribution in [-0.4, -0.2) is 24.3 Å². The highest BCUT2D eigenvalue weighted by Crippen LogP contribution is 2.29. The van der Waals surface area contributed by atoms with Gasteiger partial charge in [-0.25, -0.2) is 4.98 Å². The maximum absolute atomic E-state index is 12.8. The Bertz CT molecular complexity index is 1190. The van der Waals surface area contributed by atoms with E-state index in [0.29, 0.717) is 23.1 Å². The Hall–Kier alpha value is -3.22. The summed E-state index contributed by atoms with van der Waals surface area (Å²) in [5.41, 5.74) is 4.98. The number of thiazole rings is 1. The fraction of sp³-hybridized carbons (Fsp3) is 0.200. The number of fused-ring (bicyclic) bond motifs is 1. The van der Waals surface area contributed by atoms with Crippen molar-refractivity contribution in [2.24, 2.45) is 0 Å². The van der Waals surface area contributed by atoms with E-state index in [1.54, 1.807) is 0 Å². The summed E-state index contributed by atoms with van der Waals surface area (Å²) in [6.45, 7) is 4.81. The van der Waals surface area contributed by atoms with Gasteiger partial charge >= 0.3 is 0 Å². The van der Waals surface area contributed by atoms with Crippen LogP contribution in [0.15, 0.2) is 66.7 Å². The van der Waals surface area contributed by atoms with Crippen molar-refractivity contribution in [1.29, 1.82) is 0 Å². The lowest BCUT2D eigenvalue weighted by Gasteiger charge is -2.06. The van der Waals surface area contributed by atoms with Crippen LogP contribution in [0.2, 0.25) is 0 Å². The first-order chi connectivity index (χ1) is 15.1. The molecule has 0 aliphatic rings. The molecular weight excluding hydrogens is 408 g/mol. The Labute approximate surface area is 185 Å². The number of aryl methyl sites for hydroxylation is 1. The fourth-order valence-corrected chi connectivity index (χ4v) is 4.06. The van der Waals surface area contributed by atoms with Gasteiger partial charge in [-0.05, 0) is 61.7 Å². The van der Waals surface area contributed by atoms with Crippen LogP contribution >= 0.6 is 11.3 Å². The molecule has 3 aromatic carbocycles. The Morgan fingerprint density at radius 1 is 1.03 bits per heavy atom. The van der Waals surface area contributed by atoms with E-state index in [2.05, 4.69) is 41.5 Å². The first-order valence-corrected chi connectivity index (χ1v) is 11.0. The lowest BCUT2D eigenvalue weighted by molar-refractivity contribution is 0.0225. The fourth-order valence-electron chi connectivity index (χ4n) is 3.17. The maximum Gasteiger partial charge on any atom is 0.257 e. The molecule has 0 aliphatic heterocycles. The van der Waals surface area contributed by atoms with Crippen molar-refractivity contribution in [3.8, 4) is 5.75 Å². The smallest absolute Gasteiger partial charge is 0.257 e. The normalized spacial score (nSPS) is 10.9. The predicted octanol–water partition coefficient (Wildman–Crippen LogP) is 5.82. The van der Waals surface area contributed by atoms with E-state index in [0.717, 1.165) is 22.2 Å². The number of carbonyl (C=O) groups is 1. The minimum absolute atomic E-state index is 0.169. The summed E-state index contributed by atoms with van der Waals surface area (Å²) in [5, 5.41) is 3.48. The number of ether oxygens (including phenoxy) is 2. The number of nitrogens with zero attached hydrogens (tertiary/aromatic N) is 1. The molecule has 4 rings (SSSR count). The van der Waals surface area contributed by atoms with Gasteiger partial charge in [0.2, 0.25) is 0 Å². The highest BCUT2D eigenvalue weighted by Gasteiger charge is 2.11. The van der Waals surface area contributed by atoms with Crippen molar-refractivity contribution in [3.63, 3.8) is 0 Å². The zero-order valence-electron chi connectivity index (χ0n) is 17.6. The Morgan fingerprint density at radius 3 is 2.68 bits per heavy atom. The summed E-state index contributed by atoms with van der Waals surface area (Å²) >= 11 is 1.42. The lowest BCUT2D eigenvalue weighted by Crippen LogP contribution is -2.11. The minimum atomic E-state index is -0.169. The molecule has 0 bridgehead atoms. The predicted molar refractivity (Wildman–Crippen MR) is 125 cm³/mol. The van der Waals surface area contributed by atoms with Gasteiger partial charge in [0, 0.05) is 12.2 Å². The molecule has 0 saturated heterocycles. The maximum atomic E-state index is 12.8. The van der Waals surface area contributed by atoms with E-state index in [9.17, 15) is 4.79 Å². The molecule has 1 amide bonds. The van der Waals surface area contributed by atoms with Crippen LogP contribution in [0, 0.1) is 6.92 Å². The van der Waals surface area contributed by atoms with Gasteiger partial charge in [0.1, 0.15) is 5.75 Å². The Kier molecular flexibility index (Phi) is 6.60. The van der Waals surface area contributed by atoms with Gasteiger partial charge in [-0.2, -0.15) is 0 Å². The average Bonchev–Trinajstić information content (AvgIpc) is 3.17. The first-order valence-electron chi connectivity index (χ1n) is 10.2. The van der Waals surface area contributed by atoms with Gasteiger partial charge < -0.3 is 9.47 Å². The van der Waals surface area contributed by atoms with Crippen LogP contribution in [0.4, 0.5) is 5.13 Å². The number of aromatic nitrogens is 1. The van der Waals surface area contributed by atoms with E-state index in [4.69, 9.17) is 9.47 Å². The molecule has 1 heterocycles. The summed E-state index contributed by atoms with van der Waals surface area (Å²) in [4.78, 5) is 17.3. The number of hydrogen-bond donors (Lipinski definition) is 1. The second-order valence-electron chi connectivity index (χ2n) is 7.22. The number of nitrogens with one attached hydrogen (secondary N) is 1. The molecule has 0 unspecified atom stereocenters. The Morgan fingerprint density at radius 2 is 1.87 bits per heavy atom. The summed E-state index contributed by atoms with van der Waals surface area (Å²) in [6, 6.07) is 21.8. The lowest BCUT2D eigenvalue weighted by atomic mass is 10.0. The van der Waals surface area contributed by atoms with Gasteiger partial charge in [-0.15, -0.1) is 0 Å². The summed E-state index contributed by atoms with van der Waals surface area (Å²) in [7, 11) is 0. The third-order valence-corrected chi connectivity index (χ3v) is 5.75. The van der Waals surface area contributed by atoms with Crippen LogP contribution < -0.4 is 10.1 Å². The highest BCUT2D eigenvalue weighted by molar-refractivity contribution is 7.22. The van der Waals surface area contributed by atoms with E-state index >= 15 is 0 Å². The molecule has 0 aliphatic carbocycles. The van der Waals surface area contributed by atoms with Gasteiger partial charge in [-0.3, -0.25) is 10.1 Å². The van der Waals surface area contributed by atoms with Gasteiger partial charge in [0.05, 0.1) is 10.2 Å². The van der Waals surface area contributed by atoms with Crippen LogP contribution in [0.5, 0.6) is 5.75 Å². The molecule has 1 aromatic heterocycles. The largest absolute Gasteiger partial charge is 0.468 e. The third kappa shape index (κ3) is 5.48. The molecule has 0 fully saturated rings. The van der Waals surface area contributed by atoms with Crippen molar-refractivity contribution in [2.45, 2.75) is 20.3 Å². The molecule has 0 radical (unpaired) electrons. The third-order valence-electron chi connectivity index (χ3n) is 4.81. The second kappa shape index (κ2) is 9.73. The van der Waals surface area contributed by atoms with Gasteiger partial charge in [-0.1, -0.05) is 53.3 Å². The van der Waals surface area contributed by atoms with Gasteiger partial charge in [0.15, 0.2) is 11.9 Å². The van der Waals surface area contributed by atoms with Crippen molar-refractivity contribution in [2.75, 3.05) is 18.7 Å². The monoisotopic (exact) mass is 432 g/mol. The van der Waals surface area contributed by atoms with Crippen molar-refractivity contribution in [1.82, 2.24) is 4.98 Å². The van der Waals surface area contributed by atoms with Crippen LogP contribution in [-0.2, 0) is 11.2 Å². The van der Waals surface area contributed by atoms with E-state index in [1.165, 1.54) is 22.5 Å². The van der Waals surface area contributed by atoms with Crippen molar-refractivity contribution in [3.05, 3.63) is 89.0 Å². The standard InChI is InChI=1S/C25H24N2O3S/c1-3-29-16-30-21-11-12-22-23(15-21)31-25(26-22)27-24(28)20-6-4-5-19(14-20)13-18-9-7-17(2)8-10-18/h4-12,14-15H,3,13,16H2,1-2H3,(H,26,27,28). The average molecular weight is 433 g/mol. The van der Waals surface area contributed by atoms with Crippen LogP contribution in [0.25, 0.3) is 10.2 Å². The van der Waals surface area contributed by atoms with Crippen molar-refractivity contribution >= 4 is 32.6 Å². The van der Waals surface area contributed by atoms with Gasteiger partial charge in [0.25, 0.3) is 5.91 Å². The molecule has 0 atom stereocenters. The molecular formula is C25H24N2O3S. The number of rotatable bonds is 8. The van der Waals surface area contributed by atoms with E-state index in [-0.39, 0.29) is 12.7 Å². The number of benzene rings is 3. The topological polar surface area (TPSA) is 60.5 Å². The summed E-state index contributed by atoms with van der Waals surface area (Å²) in [5.74, 6) is 0.545. The quantitative estimate of drug-likeness (QED) is 0.281. The molecule has 31 heavy (non-hydrogen) atoms. The summed E-state index contributed by atoms with van der Waals surface area (Å²) in [6.07, 6.45) is 0.785. The molecule has 158 valence electrons. The minimum Gasteiger partial charge on any atom is -0.468 e. The van der Waals surface area contributed by atoms with E-state index < -0.39 is 0 Å². The number of carbonyl (C=O) groups excluding carboxylic acids is 1. The number of anilines is 1. The molecule has 0 saturated carbocycles. The zero-order valence-corrected chi connectivity index (χ0v) is 18.4. The summed E-state index contributed by atoms with van der Waals surface area (Å²) < 4.78 is 11.7. The van der Waals surface area contributed by atoms with Crippen molar-refractivity contribution < 1.29 is 14.3 Å². The van der Waals surface area contributed by atoms with Crippen LogP contribution in [0.3, 0.4) is 0 Å². The molecule has 5 nitrogen and oxygen atoms in total. The van der Waals surface area contributed by atoms with E-state index in [1.807, 2.05) is 49.4 Å². The number of amides is 1. The molecule has 1 N–H and O–H groups in total. The molecule has 0 spiro atoms. The SMILES string of the molecule is CCOCOc1ccc2nc(NC(=O)c3cccc(Cc4ccc(C)cc4)c3)sc2c1. The van der Waals surface area contributed by atoms with Crippen LogP contribution in [0.1, 0.15) is 34.0 Å². The zero-order chi connectivity index (χ0) is 21.6. The number of hydrogen-bond acceptors (Lipinski definition) is 5. The molecule has 6 heteroatoms. The highest BCUT2D eigenvalue weighted by atomic mass is 32.1. The Balaban J connectivity index is 1.45. The second-order valence-corrected chi connectivity index (χ2v) is 8.25. The first kappa shape index (κ1) is 21.0.